The van der Waals surface area contributed by atoms with Crippen molar-refractivity contribution in [2.45, 2.75) is 19.9 Å². The Labute approximate surface area is 186 Å². The highest BCUT2D eigenvalue weighted by atomic mass is 32.1. The molecule has 0 unspecified atom stereocenters. The molecule has 0 fully saturated rings. The lowest BCUT2D eigenvalue weighted by Crippen LogP contribution is -2.39. The van der Waals surface area contributed by atoms with Crippen LogP contribution in [0.4, 0.5) is 0 Å². The molecule has 1 atom stereocenters. The van der Waals surface area contributed by atoms with Crippen molar-refractivity contribution in [3.8, 4) is 11.5 Å². The molecule has 2 aliphatic rings. The average molecular weight is 449 g/mol. The van der Waals surface area contributed by atoms with Gasteiger partial charge in [0.05, 0.1) is 28.5 Å². The number of rotatable bonds is 4. The SMILES string of the molecule is CCOC(=O)C1=C(C)N=c2s/c(=C/c3cccnc3)c(=O)n2[C@@H]1c1ccc2c(c1)OCO2. The molecule has 2 aromatic heterocycles. The van der Waals surface area contributed by atoms with E-state index in [9.17, 15) is 9.59 Å². The van der Waals surface area contributed by atoms with E-state index < -0.39 is 12.0 Å². The summed E-state index contributed by atoms with van der Waals surface area (Å²) < 4.78 is 18.3. The Morgan fingerprint density at radius 1 is 1.31 bits per heavy atom. The van der Waals surface area contributed by atoms with Gasteiger partial charge >= 0.3 is 5.97 Å². The van der Waals surface area contributed by atoms with Gasteiger partial charge in [-0.2, -0.15) is 0 Å². The molecule has 8 nitrogen and oxygen atoms in total. The molecule has 0 N–H and O–H groups in total. The first-order valence-electron chi connectivity index (χ1n) is 10.1. The standard InChI is InChI=1S/C23H19N3O5S/c1-3-29-22(28)19-13(2)25-23-26(20(19)15-6-7-16-17(10-15)31-12-30-16)21(27)18(32-23)9-14-5-4-8-24-11-14/h4-11,20H,3,12H2,1-2H3/b18-9+/t20-/m1/s1. The van der Waals surface area contributed by atoms with Crippen molar-refractivity contribution < 1.29 is 19.0 Å². The molecule has 0 bridgehead atoms. The fourth-order valence-corrected chi connectivity index (χ4v) is 4.85. The fraction of sp³-hybridized carbons (Fsp3) is 0.217. The maximum absolute atomic E-state index is 13.5. The number of nitrogens with zero attached hydrogens (tertiary/aromatic N) is 3. The maximum atomic E-state index is 13.5. The molecular weight excluding hydrogens is 430 g/mol. The number of pyridine rings is 1. The maximum Gasteiger partial charge on any atom is 0.338 e. The average Bonchev–Trinajstić information content (AvgIpc) is 3.37. The van der Waals surface area contributed by atoms with Gasteiger partial charge in [-0.3, -0.25) is 14.3 Å². The first kappa shape index (κ1) is 20.2. The second-order valence-corrected chi connectivity index (χ2v) is 8.21. The number of allylic oxidation sites excluding steroid dienone is 1. The summed E-state index contributed by atoms with van der Waals surface area (Å²) in [6.45, 7) is 3.85. The summed E-state index contributed by atoms with van der Waals surface area (Å²) in [6, 6.07) is 8.38. The molecule has 4 heterocycles. The first-order valence-corrected chi connectivity index (χ1v) is 10.9. The van der Waals surface area contributed by atoms with Gasteiger partial charge in [0.1, 0.15) is 0 Å². The summed E-state index contributed by atoms with van der Waals surface area (Å²) in [5.74, 6) is 0.687. The summed E-state index contributed by atoms with van der Waals surface area (Å²) in [7, 11) is 0. The molecule has 0 aliphatic carbocycles. The van der Waals surface area contributed by atoms with Gasteiger partial charge in [0, 0.05) is 12.4 Å². The number of thiazole rings is 1. The minimum Gasteiger partial charge on any atom is -0.463 e. The number of benzene rings is 1. The van der Waals surface area contributed by atoms with Gasteiger partial charge in [-0.15, -0.1) is 0 Å². The zero-order chi connectivity index (χ0) is 22.2. The monoisotopic (exact) mass is 449 g/mol. The van der Waals surface area contributed by atoms with Gasteiger partial charge in [-0.05, 0) is 49.2 Å². The molecule has 0 radical (unpaired) electrons. The van der Waals surface area contributed by atoms with Gasteiger partial charge in [0.15, 0.2) is 16.3 Å². The Kier molecular flexibility index (Phi) is 5.10. The van der Waals surface area contributed by atoms with Crippen LogP contribution in [0.3, 0.4) is 0 Å². The number of esters is 1. The third-order valence-corrected chi connectivity index (χ3v) is 6.19. The fourth-order valence-electron chi connectivity index (χ4n) is 3.80. The van der Waals surface area contributed by atoms with Crippen molar-refractivity contribution in [1.82, 2.24) is 9.55 Å². The van der Waals surface area contributed by atoms with Crippen LogP contribution in [0.2, 0.25) is 0 Å². The minimum absolute atomic E-state index is 0.131. The van der Waals surface area contributed by atoms with E-state index in [-0.39, 0.29) is 19.0 Å². The predicted octanol–water partition coefficient (Wildman–Crippen LogP) is 1.92. The molecule has 0 spiro atoms. The normalized spacial score (nSPS) is 17.2. The van der Waals surface area contributed by atoms with Crippen LogP contribution in [0, 0.1) is 0 Å². The number of carbonyl (C=O) groups excluding carboxylic acids is 1. The lowest BCUT2D eigenvalue weighted by Gasteiger charge is -2.24. The van der Waals surface area contributed by atoms with Crippen LogP contribution in [-0.2, 0) is 9.53 Å². The van der Waals surface area contributed by atoms with Crippen molar-refractivity contribution in [1.29, 1.82) is 0 Å². The van der Waals surface area contributed by atoms with Gasteiger partial charge in [0.25, 0.3) is 5.56 Å². The Balaban J connectivity index is 1.73. The molecule has 0 amide bonds. The Bertz CT molecular complexity index is 1420. The first-order chi connectivity index (χ1) is 15.6. The van der Waals surface area contributed by atoms with Gasteiger partial charge in [-0.1, -0.05) is 23.5 Å². The van der Waals surface area contributed by atoms with E-state index in [0.717, 1.165) is 5.56 Å². The number of hydrogen-bond donors (Lipinski definition) is 0. The summed E-state index contributed by atoms with van der Waals surface area (Å²) in [5, 5.41) is 0. The molecule has 162 valence electrons. The quantitative estimate of drug-likeness (QED) is 0.565. The van der Waals surface area contributed by atoms with Gasteiger partial charge < -0.3 is 14.2 Å². The van der Waals surface area contributed by atoms with Crippen molar-refractivity contribution in [2.24, 2.45) is 4.99 Å². The zero-order valence-electron chi connectivity index (χ0n) is 17.4. The van der Waals surface area contributed by atoms with E-state index in [0.29, 0.717) is 37.7 Å². The van der Waals surface area contributed by atoms with Crippen LogP contribution in [0.25, 0.3) is 6.08 Å². The van der Waals surface area contributed by atoms with E-state index in [1.54, 1.807) is 55.1 Å². The highest BCUT2D eigenvalue weighted by molar-refractivity contribution is 7.07. The molecule has 2 aliphatic heterocycles. The molecule has 3 aromatic rings. The molecule has 0 saturated carbocycles. The molecule has 0 saturated heterocycles. The van der Waals surface area contributed by atoms with E-state index in [1.807, 2.05) is 12.1 Å². The molecule has 32 heavy (non-hydrogen) atoms. The smallest absolute Gasteiger partial charge is 0.338 e. The third kappa shape index (κ3) is 3.40. The van der Waals surface area contributed by atoms with Crippen LogP contribution < -0.4 is 24.4 Å². The predicted molar refractivity (Wildman–Crippen MR) is 117 cm³/mol. The van der Waals surface area contributed by atoms with Gasteiger partial charge in [-0.25, -0.2) is 9.79 Å². The van der Waals surface area contributed by atoms with E-state index in [4.69, 9.17) is 14.2 Å². The highest BCUT2D eigenvalue weighted by Gasteiger charge is 2.34. The van der Waals surface area contributed by atoms with E-state index in [2.05, 4.69) is 9.98 Å². The molecular formula is C23H19N3O5S. The van der Waals surface area contributed by atoms with Crippen LogP contribution in [0.1, 0.15) is 31.0 Å². The largest absolute Gasteiger partial charge is 0.463 e. The summed E-state index contributed by atoms with van der Waals surface area (Å²) in [4.78, 5) is 35.6. The summed E-state index contributed by atoms with van der Waals surface area (Å²) in [6.07, 6.45) is 5.13. The number of fused-ring (bicyclic) bond motifs is 2. The second-order valence-electron chi connectivity index (χ2n) is 7.20. The van der Waals surface area contributed by atoms with Crippen molar-refractivity contribution in [2.75, 3.05) is 13.4 Å². The van der Waals surface area contributed by atoms with Crippen LogP contribution in [-0.4, -0.2) is 28.9 Å². The number of aromatic nitrogens is 2. The number of ether oxygens (including phenoxy) is 3. The second kappa shape index (κ2) is 8.08. The number of carbonyl (C=O) groups is 1. The van der Waals surface area contributed by atoms with Gasteiger partial charge in [0.2, 0.25) is 6.79 Å². The molecule has 5 rings (SSSR count). The van der Waals surface area contributed by atoms with Crippen molar-refractivity contribution in [3.63, 3.8) is 0 Å². The highest BCUT2D eigenvalue weighted by Crippen LogP contribution is 2.38. The summed E-state index contributed by atoms with van der Waals surface area (Å²) in [5.41, 5.74) is 2.11. The van der Waals surface area contributed by atoms with E-state index in [1.165, 1.54) is 11.3 Å². The summed E-state index contributed by atoms with van der Waals surface area (Å²) >= 11 is 1.27. The van der Waals surface area contributed by atoms with Crippen LogP contribution in [0.15, 0.2) is 63.8 Å². The Morgan fingerprint density at radius 3 is 2.94 bits per heavy atom. The molecule has 9 heteroatoms. The van der Waals surface area contributed by atoms with Crippen molar-refractivity contribution >= 4 is 23.4 Å². The molecule has 1 aromatic carbocycles. The Hall–Kier alpha value is -3.72. The topological polar surface area (TPSA) is 92.0 Å². The third-order valence-electron chi connectivity index (χ3n) is 5.21. The van der Waals surface area contributed by atoms with Crippen LogP contribution in [0.5, 0.6) is 11.5 Å². The number of hydrogen-bond acceptors (Lipinski definition) is 8. The van der Waals surface area contributed by atoms with Crippen LogP contribution >= 0.6 is 11.3 Å². The zero-order valence-corrected chi connectivity index (χ0v) is 18.2. The van der Waals surface area contributed by atoms with Crippen molar-refractivity contribution in [3.05, 3.63) is 84.8 Å². The Morgan fingerprint density at radius 2 is 2.16 bits per heavy atom. The lowest BCUT2D eigenvalue weighted by molar-refractivity contribution is -0.139. The minimum atomic E-state index is -0.698. The lowest BCUT2D eigenvalue weighted by atomic mass is 9.95. The van der Waals surface area contributed by atoms with E-state index >= 15 is 0 Å².